The summed E-state index contributed by atoms with van der Waals surface area (Å²) in [7, 11) is 0. The SMILES string of the molecule is CCNC(=NCC(C)Oc1ccc(C)cc1)NCCc1csc(C)n1.I. The lowest BCUT2D eigenvalue weighted by molar-refractivity contribution is 0.230. The maximum Gasteiger partial charge on any atom is 0.191 e. The van der Waals surface area contributed by atoms with Crippen LogP contribution in [-0.4, -0.2) is 36.7 Å². The number of nitrogens with one attached hydrogen (secondary N) is 2. The highest BCUT2D eigenvalue weighted by Crippen LogP contribution is 2.13. The number of benzene rings is 1. The zero-order chi connectivity index (χ0) is 18.1. The second kappa shape index (κ2) is 12.1. The fourth-order valence-electron chi connectivity index (χ4n) is 2.28. The third kappa shape index (κ3) is 8.35. The maximum absolute atomic E-state index is 5.90. The first-order chi connectivity index (χ1) is 12.1. The third-order valence-corrected chi connectivity index (χ3v) is 4.37. The van der Waals surface area contributed by atoms with E-state index < -0.39 is 0 Å². The summed E-state index contributed by atoms with van der Waals surface area (Å²) in [6, 6.07) is 8.10. The topological polar surface area (TPSA) is 58.5 Å². The van der Waals surface area contributed by atoms with Gasteiger partial charge in [0.2, 0.25) is 0 Å². The summed E-state index contributed by atoms with van der Waals surface area (Å²) in [6.45, 7) is 10.4. The van der Waals surface area contributed by atoms with Crippen LogP contribution in [0.25, 0.3) is 0 Å². The normalized spacial score (nSPS) is 12.2. The molecule has 0 aliphatic rings. The fraction of sp³-hybridized carbons (Fsp3) is 0.474. The molecule has 0 amide bonds. The van der Waals surface area contributed by atoms with E-state index >= 15 is 0 Å². The van der Waals surface area contributed by atoms with Gasteiger partial charge >= 0.3 is 0 Å². The van der Waals surface area contributed by atoms with Gasteiger partial charge in [-0.2, -0.15) is 0 Å². The largest absolute Gasteiger partial charge is 0.489 e. The van der Waals surface area contributed by atoms with Crippen molar-refractivity contribution in [2.45, 2.75) is 40.2 Å². The molecule has 1 aromatic heterocycles. The van der Waals surface area contributed by atoms with Gasteiger partial charge in [0.05, 0.1) is 17.2 Å². The number of hydrogen-bond acceptors (Lipinski definition) is 4. The lowest BCUT2D eigenvalue weighted by atomic mass is 10.2. The Balaban J connectivity index is 0.00000338. The molecule has 5 nitrogen and oxygen atoms in total. The Hall–Kier alpha value is -1.35. The first kappa shape index (κ1) is 22.7. The molecule has 0 radical (unpaired) electrons. The number of nitrogens with zero attached hydrogens (tertiary/aromatic N) is 2. The van der Waals surface area contributed by atoms with E-state index in [0.717, 1.165) is 41.9 Å². The molecule has 2 rings (SSSR count). The molecule has 0 spiro atoms. The monoisotopic (exact) mass is 488 g/mol. The van der Waals surface area contributed by atoms with Gasteiger partial charge < -0.3 is 15.4 Å². The van der Waals surface area contributed by atoms with Crippen LogP contribution in [-0.2, 0) is 6.42 Å². The molecule has 0 aliphatic heterocycles. The summed E-state index contributed by atoms with van der Waals surface area (Å²) >= 11 is 1.69. The highest BCUT2D eigenvalue weighted by atomic mass is 127. The molecule has 1 aromatic carbocycles. The number of rotatable bonds is 8. The number of guanidine groups is 1. The Bertz CT molecular complexity index is 672. The first-order valence-corrected chi connectivity index (χ1v) is 9.61. The van der Waals surface area contributed by atoms with E-state index in [2.05, 4.69) is 52.0 Å². The average Bonchev–Trinajstić information content (AvgIpc) is 3.00. The number of aryl methyl sites for hydroxylation is 2. The molecule has 0 aliphatic carbocycles. The van der Waals surface area contributed by atoms with Gasteiger partial charge in [-0.3, -0.25) is 0 Å². The minimum atomic E-state index is 0. The number of thiazole rings is 1. The highest BCUT2D eigenvalue weighted by molar-refractivity contribution is 14.0. The predicted molar refractivity (Wildman–Crippen MR) is 121 cm³/mol. The van der Waals surface area contributed by atoms with Gasteiger partial charge in [-0.15, -0.1) is 35.3 Å². The van der Waals surface area contributed by atoms with Gasteiger partial charge in [0.25, 0.3) is 0 Å². The van der Waals surface area contributed by atoms with Crippen LogP contribution in [0.15, 0.2) is 34.6 Å². The lowest BCUT2D eigenvalue weighted by Gasteiger charge is -2.15. The first-order valence-electron chi connectivity index (χ1n) is 8.73. The minimum Gasteiger partial charge on any atom is -0.489 e. The molecule has 26 heavy (non-hydrogen) atoms. The summed E-state index contributed by atoms with van der Waals surface area (Å²) < 4.78 is 5.90. The van der Waals surface area contributed by atoms with Gasteiger partial charge in [0, 0.05) is 24.9 Å². The molecule has 1 heterocycles. The zero-order valence-corrected chi connectivity index (χ0v) is 19.1. The van der Waals surface area contributed by atoms with Crippen molar-refractivity contribution in [1.29, 1.82) is 0 Å². The third-order valence-electron chi connectivity index (χ3n) is 3.55. The molecule has 1 unspecified atom stereocenters. The van der Waals surface area contributed by atoms with Crippen LogP contribution in [0.1, 0.15) is 30.1 Å². The van der Waals surface area contributed by atoms with Gasteiger partial charge in [-0.25, -0.2) is 9.98 Å². The molecule has 144 valence electrons. The summed E-state index contributed by atoms with van der Waals surface area (Å²) in [5.41, 5.74) is 2.36. The summed E-state index contributed by atoms with van der Waals surface area (Å²) in [5.74, 6) is 1.69. The average molecular weight is 488 g/mol. The van der Waals surface area contributed by atoms with Crippen molar-refractivity contribution in [2.75, 3.05) is 19.6 Å². The van der Waals surface area contributed by atoms with Crippen LogP contribution in [0.2, 0.25) is 0 Å². The minimum absolute atomic E-state index is 0. The van der Waals surface area contributed by atoms with E-state index in [1.165, 1.54) is 5.56 Å². The molecule has 0 saturated heterocycles. The van der Waals surface area contributed by atoms with Gasteiger partial charge in [-0.1, -0.05) is 17.7 Å². The van der Waals surface area contributed by atoms with Crippen molar-refractivity contribution in [1.82, 2.24) is 15.6 Å². The van der Waals surface area contributed by atoms with E-state index in [-0.39, 0.29) is 30.1 Å². The van der Waals surface area contributed by atoms with Crippen molar-refractivity contribution in [2.24, 2.45) is 4.99 Å². The molecule has 0 saturated carbocycles. The van der Waals surface area contributed by atoms with Crippen LogP contribution >= 0.6 is 35.3 Å². The number of hydrogen-bond donors (Lipinski definition) is 2. The summed E-state index contributed by atoms with van der Waals surface area (Å²) in [6.07, 6.45) is 0.906. The van der Waals surface area contributed by atoms with Gasteiger partial charge in [-0.05, 0) is 39.8 Å². The summed E-state index contributed by atoms with van der Waals surface area (Å²) in [5, 5.41) is 9.84. The van der Waals surface area contributed by atoms with Crippen LogP contribution in [0.3, 0.4) is 0 Å². The smallest absolute Gasteiger partial charge is 0.191 e. The Morgan fingerprint density at radius 3 is 2.58 bits per heavy atom. The van der Waals surface area contributed by atoms with E-state index in [1.54, 1.807) is 11.3 Å². The molecule has 2 aromatic rings. The number of aromatic nitrogens is 1. The summed E-state index contributed by atoms with van der Waals surface area (Å²) in [4.78, 5) is 9.09. The number of halogens is 1. The van der Waals surface area contributed by atoms with Crippen LogP contribution in [0, 0.1) is 13.8 Å². The highest BCUT2D eigenvalue weighted by Gasteiger charge is 2.05. The molecule has 0 bridgehead atoms. The lowest BCUT2D eigenvalue weighted by Crippen LogP contribution is -2.39. The number of aliphatic imine (C=N–C) groups is 1. The van der Waals surface area contributed by atoms with E-state index in [1.807, 2.05) is 26.0 Å². The second-order valence-electron chi connectivity index (χ2n) is 6.00. The zero-order valence-electron chi connectivity index (χ0n) is 15.9. The molecule has 1 atom stereocenters. The Labute approximate surface area is 177 Å². The predicted octanol–water partition coefficient (Wildman–Crippen LogP) is 3.94. The molecule has 0 fully saturated rings. The number of ether oxygens (including phenoxy) is 1. The van der Waals surface area contributed by atoms with Crippen LogP contribution in [0.5, 0.6) is 5.75 Å². The van der Waals surface area contributed by atoms with Crippen molar-refractivity contribution < 1.29 is 4.74 Å². The molecular formula is C19H29IN4OS. The molecule has 2 N–H and O–H groups in total. The van der Waals surface area contributed by atoms with Gasteiger partial charge in [0.1, 0.15) is 11.9 Å². The Morgan fingerprint density at radius 2 is 1.96 bits per heavy atom. The Morgan fingerprint density at radius 1 is 1.23 bits per heavy atom. The maximum atomic E-state index is 5.90. The van der Waals surface area contributed by atoms with E-state index in [9.17, 15) is 0 Å². The van der Waals surface area contributed by atoms with Crippen LogP contribution < -0.4 is 15.4 Å². The standard InChI is InChI=1S/C19H28N4OS.HI/c1-5-20-19(21-11-10-17-13-25-16(4)23-17)22-12-15(3)24-18-8-6-14(2)7-9-18;/h6-9,13,15H,5,10-12H2,1-4H3,(H2,20,21,22);1H. The Kier molecular flexibility index (Phi) is 10.6. The van der Waals surface area contributed by atoms with Crippen molar-refractivity contribution in [3.05, 3.63) is 45.9 Å². The van der Waals surface area contributed by atoms with E-state index in [4.69, 9.17) is 4.74 Å². The second-order valence-corrected chi connectivity index (χ2v) is 7.06. The van der Waals surface area contributed by atoms with E-state index in [0.29, 0.717) is 6.54 Å². The van der Waals surface area contributed by atoms with Crippen molar-refractivity contribution in [3.63, 3.8) is 0 Å². The van der Waals surface area contributed by atoms with Crippen LogP contribution in [0.4, 0.5) is 0 Å². The molecular weight excluding hydrogens is 459 g/mol. The van der Waals surface area contributed by atoms with Crippen molar-refractivity contribution in [3.8, 4) is 5.75 Å². The fourth-order valence-corrected chi connectivity index (χ4v) is 2.93. The molecule has 7 heteroatoms. The quantitative estimate of drug-likeness (QED) is 0.336. The van der Waals surface area contributed by atoms with Crippen molar-refractivity contribution >= 4 is 41.3 Å². The van der Waals surface area contributed by atoms with Gasteiger partial charge in [0.15, 0.2) is 5.96 Å².